The van der Waals surface area contributed by atoms with E-state index < -0.39 is 0 Å². The summed E-state index contributed by atoms with van der Waals surface area (Å²) in [4.78, 5) is 0. The van der Waals surface area contributed by atoms with Crippen LogP contribution in [0.1, 0.15) is 0 Å². The van der Waals surface area contributed by atoms with Gasteiger partial charge in [-0.15, -0.1) is 0 Å². The van der Waals surface area contributed by atoms with Crippen LogP contribution >= 0.6 is 11.6 Å². The Hall–Kier alpha value is -1.27. The molecule has 0 aliphatic carbocycles. The summed E-state index contributed by atoms with van der Waals surface area (Å²) < 4.78 is 2.90. The molecule has 0 radical (unpaired) electrons. The summed E-state index contributed by atoms with van der Waals surface area (Å²) in [5.41, 5.74) is 0. The van der Waals surface area contributed by atoms with Crippen molar-refractivity contribution in [2.45, 2.75) is 0 Å². The molecule has 0 nitrogen and oxygen atoms in total. The van der Waals surface area contributed by atoms with Gasteiger partial charge in [0, 0.05) is 0 Å². The fourth-order valence-corrected chi connectivity index (χ4v) is 5.48. The molecule has 1 aromatic heterocycles. The SMILES string of the molecule is Clc1ccc2c(c1)[se]c1c3ccccc3ccc21. The maximum absolute atomic E-state index is 6.09. The Morgan fingerprint density at radius 2 is 1.61 bits per heavy atom. The Labute approximate surface area is 116 Å². The maximum atomic E-state index is 6.09. The van der Waals surface area contributed by atoms with Crippen LogP contribution in [0.2, 0.25) is 5.02 Å². The van der Waals surface area contributed by atoms with E-state index in [0.29, 0.717) is 14.5 Å². The first kappa shape index (κ1) is 10.6. The number of hydrogen-bond acceptors (Lipinski definition) is 0. The summed E-state index contributed by atoms with van der Waals surface area (Å²) in [6.07, 6.45) is 0. The van der Waals surface area contributed by atoms with Crippen molar-refractivity contribution in [3.05, 3.63) is 59.6 Å². The third kappa shape index (κ3) is 1.45. The van der Waals surface area contributed by atoms with Gasteiger partial charge in [-0.25, -0.2) is 0 Å². The van der Waals surface area contributed by atoms with Gasteiger partial charge < -0.3 is 0 Å². The molecule has 0 N–H and O–H groups in total. The Morgan fingerprint density at radius 3 is 2.56 bits per heavy atom. The summed E-state index contributed by atoms with van der Waals surface area (Å²) >= 11 is 6.47. The average Bonchev–Trinajstić information content (AvgIpc) is 2.76. The van der Waals surface area contributed by atoms with Crippen molar-refractivity contribution in [1.29, 1.82) is 0 Å². The second kappa shape index (κ2) is 3.86. The molecule has 0 atom stereocenters. The summed E-state index contributed by atoms with van der Waals surface area (Å²) in [6, 6.07) is 19.3. The first-order valence-electron chi connectivity index (χ1n) is 5.82. The molecule has 18 heavy (non-hydrogen) atoms. The van der Waals surface area contributed by atoms with E-state index in [1.807, 2.05) is 6.07 Å². The van der Waals surface area contributed by atoms with Crippen molar-refractivity contribution in [2.75, 3.05) is 0 Å². The van der Waals surface area contributed by atoms with Crippen LogP contribution < -0.4 is 0 Å². The van der Waals surface area contributed by atoms with Gasteiger partial charge in [-0.2, -0.15) is 0 Å². The molecule has 0 aliphatic heterocycles. The molecule has 0 bridgehead atoms. The summed E-state index contributed by atoms with van der Waals surface area (Å²) in [5, 5.41) is 6.31. The number of benzene rings is 3. The minimum atomic E-state index is 0.371. The van der Waals surface area contributed by atoms with Crippen molar-refractivity contribution in [2.24, 2.45) is 0 Å². The first-order valence-corrected chi connectivity index (χ1v) is 7.91. The van der Waals surface area contributed by atoms with Crippen LogP contribution in [-0.4, -0.2) is 14.5 Å². The normalized spacial score (nSPS) is 11.6. The van der Waals surface area contributed by atoms with Gasteiger partial charge in [0.05, 0.1) is 0 Å². The van der Waals surface area contributed by atoms with E-state index in [9.17, 15) is 0 Å². The molecule has 0 spiro atoms. The van der Waals surface area contributed by atoms with E-state index in [1.165, 1.54) is 30.1 Å². The van der Waals surface area contributed by atoms with E-state index in [-0.39, 0.29) is 0 Å². The number of rotatable bonds is 0. The predicted molar refractivity (Wildman–Crippen MR) is 80.9 cm³/mol. The van der Waals surface area contributed by atoms with Crippen molar-refractivity contribution < 1.29 is 0 Å². The average molecular weight is 316 g/mol. The number of halogens is 1. The standard InChI is InChI=1S/C16H9ClSe/c17-11-6-8-13-14-7-5-10-3-1-2-4-12(10)16(14)18-15(13)9-11/h1-9H. The van der Waals surface area contributed by atoms with E-state index in [2.05, 4.69) is 48.5 Å². The molecular weight excluding hydrogens is 307 g/mol. The summed E-state index contributed by atoms with van der Waals surface area (Å²) in [6.45, 7) is 0. The number of hydrogen-bond donors (Lipinski definition) is 0. The van der Waals surface area contributed by atoms with Gasteiger partial charge in [0.25, 0.3) is 0 Å². The first-order chi connectivity index (χ1) is 8.83. The third-order valence-electron chi connectivity index (χ3n) is 3.33. The van der Waals surface area contributed by atoms with E-state index >= 15 is 0 Å². The molecular formula is C16H9ClSe. The van der Waals surface area contributed by atoms with Crippen LogP contribution in [0.15, 0.2) is 54.6 Å². The summed E-state index contributed by atoms with van der Waals surface area (Å²) in [5.74, 6) is 0. The van der Waals surface area contributed by atoms with Gasteiger partial charge >= 0.3 is 116 Å². The Bertz CT molecular complexity index is 889. The second-order valence-electron chi connectivity index (χ2n) is 4.41. The van der Waals surface area contributed by atoms with Crippen LogP contribution in [0.3, 0.4) is 0 Å². The molecule has 0 aliphatic rings. The van der Waals surface area contributed by atoms with Gasteiger partial charge in [0.15, 0.2) is 0 Å². The molecule has 0 unspecified atom stereocenters. The van der Waals surface area contributed by atoms with E-state index in [0.717, 1.165) is 5.02 Å². The molecule has 0 amide bonds. The zero-order valence-corrected chi connectivity index (χ0v) is 12.0. The monoisotopic (exact) mass is 316 g/mol. The molecule has 0 saturated heterocycles. The molecule has 0 saturated carbocycles. The van der Waals surface area contributed by atoms with Crippen molar-refractivity contribution in [3.63, 3.8) is 0 Å². The molecule has 4 rings (SSSR count). The zero-order valence-electron chi connectivity index (χ0n) is 9.48. The fraction of sp³-hybridized carbons (Fsp3) is 0. The van der Waals surface area contributed by atoms with Crippen LogP contribution in [0.5, 0.6) is 0 Å². The molecule has 0 fully saturated rings. The zero-order chi connectivity index (χ0) is 12.1. The summed E-state index contributed by atoms with van der Waals surface area (Å²) in [7, 11) is 0. The van der Waals surface area contributed by atoms with Crippen LogP contribution in [0.25, 0.3) is 30.1 Å². The van der Waals surface area contributed by atoms with Crippen LogP contribution in [0, 0.1) is 0 Å². The quantitative estimate of drug-likeness (QED) is 0.407. The van der Waals surface area contributed by atoms with Crippen LogP contribution in [0.4, 0.5) is 0 Å². The van der Waals surface area contributed by atoms with Gasteiger partial charge in [-0.05, 0) is 0 Å². The predicted octanol–water partition coefficient (Wildman–Crippen LogP) is 4.86. The molecule has 4 aromatic rings. The van der Waals surface area contributed by atoms with Crippen molar-refractivity contribution in [3.8, 4) is 0 Å². The second-order valence-corrected chi connectivity index (χ2v) is 7.05. The minimum absolute atomic E-state index is 0.371. The molecule has 3 aromatic carbocycles. The molecule has 2 heteroatoms. The van der Waals surface area contributed by atoms with Crippen molar-refractivity contribution in [1.82, 2.24) is 0 Å². The Balaban J connectivity index is 2.29. The van der Waals surface area contributed by atoms with Crippen LogP contribution in [-0.2, 0) is 0 Å². The van der Waals surface area contributed by atoms with Gasteiger partial charge in [0.2, 0.25) is 0 Å². The number of fused-ring (bicyclic) bond motifs is 5. The van der Waals surface area contributed by atoms with Crippen molar-refractivity contribution >= 4 is 56.2 Å². The van der Waals surface area contributed by atoms with E-state index in [4.69, 9.17) is 11.6 Å². The molecule has 1 heterocycles. The van der Waals surface area contributed by atoms with Gasteiger partial charge in [0.1, 0.15) is 0 Å². The Kier molecular flexibility index (Phi) is 2.28. The Morgan fingerprint density at radius 1 is 0.778 bits per heavy atom. The van der Waals surface area contributed by atoms with Gasteiger partial charge in [-0.1, -0.05) is 0 Å². The molecule has 86 valence electrons. The van der Waals surface area contributed by atoms with E-state index in [1.54, 1.807) is 0 Å². The topological polar surface area (TPSA) is 0 Å². The third-order valence-corrected chi connectivity index (χ3v) is 6.08. The van der Waals surface area contributed by atoms with Gasteiger partial charge in [-0.3, -0.25) is 0 Å². The fourth-order valence-electron chi connectivity index (χ4n) is 2.48.